The predicted octanol–water partition coefficient (Wildman–Crippen LogP) is 5.19. The minimum Gasteiger partial charge on any atom is -0.398 e. The molecular weight excluding hydrogens is 700 g/mol. The SMILES string of the molecule is CN1CCN(C2CCN(C(=O)[C@H](CC(=O)N3CCC(N4Cc5ccsc5NC4=O)CC3)Cc3cc(C(F)(F)F)c(N)c(C(F)(F)F)c3)CC2)CC1. The number of nitrogen functional groups attached to an aromatic ring is 1. The number of halogens is 6. The van der Waals surface area contributed by atoms with Crippen molar-refractivity contribution in [2.45, 2.75) is 69.5 Å². The quantitative estimate of drug-likeness (QED) is 0.299. The van der Waals surface area contributed by atoms with Crippen molar-refractivity contribution in [1.82, 2.24) is 24.5 Å². The first-order chi connectivity index (χ1) is 24.1. The molecule has 17 heteroatoms. The highest BCUT2D eigenvalue weighted by Gasteiger charge is 2.42. The molecule has 3 N–H and O–H groups in total. The van der Waals surface area contributed by atoms with Crippen LogP contribution in [0.1, 0.15) is 54.4 Å². The summed E-state index contributed by atoms with van der Waals surface area (Å²) in [7, 11) is 2.06. The van der Waals surface area contributed by atoms with E-state index in [9.17, 15) is 40.7 Å². The zero-order chi connectivity index (χ0) is 36.7. The number of nitrogens with two attached hydrogens (primary N) is 1. The molecule has 51 heavy (non-hydrogen) atoms. The molecule has 5 heterocycles. The van der Waals surface area contributed by atoms with Crippen molar-refractivity contribution in [3.63, 3.8) is 0 Å². The maximum atomic E-state index is 14.1. The van der Waals surface area contributed by atoms with Gasteiger partial charge in [0.1, 0.15) is 5.00 Å². The van der Waals surface area contributed by atoms with Crippen LogP contribution in [0.2, 0.25) is 0 Å². The van der Waals surface area contributed by atoms with Crippen molar-refractivity contribution < 1.29 is 40.7 Å². The Balaban J connectivity index is 1.17. The third-order valence-electron chi connectivity index (χ3n) is 10.8. The average molecular weight is 744 g/mol. The zero-order valence-corrected chi connectivity index (χ0v) is 29.2. The van der Waals surface area contributed by atoms with Gasteiger partial charge in [0.2, 0.25) is 11.8 Å². The van der Waals surface area contributed by atoms with Crippen LogP contribution in [0.5, 0.6) is 0 Å². The normalized spacial score (nSPS) is 21.1. The number of nitrogens with zero attached hydrogens (tertiary/aromatic N) is 5. The van der Waals surface area contributed by atoms with Crippen molar-refractivity contribution in [1.29, 1.82) is 0 Å². The van der Waals surface area contributed by atoms with Gasteiger partial charge in [0.05, 0.1) is 29.3 Å². The van der Waals surface area contributed by atoms with Crippen molar-refractivity contribution in [2.75, 3.05) is 70.5 Å². The topological polar surface area (TPSA) is 105 Å². The molecule has 0 bridgehead atoms. The largest absolute Gasteiger partial charge is 0.418 e. The lowest BCUT2D eigenvalue weighted by molar-refractivity contribution is -0.143. The summed E-state index contributed by atoms with van der Waals surface area (Å²) in [6, 6.07) is 2.99. The first kappa shape index (κ1) is 37.2. The average Bonchev–Trinajstić information content (AvgIpc) is 3.54. The number of hydrogen-bond donors (Lipinski definition) is 2. The van der Waals surface area contributed by atoms with Crippen LogP contribution in [0.4, 0.5) is 41.8 Å². The highest BCUT2D eigenvalue weighted by atomic mass is 32.1. The number of rotatable bonds is 7. The van der Waals surface area contributed by atoms with Crippen LogP contribution in [0.3, 0.4) is 0 Å². The number of benzene rings is 1. The summed E-state index contributed by atoms with van der Waals surface area (Å²) in [6.07, 6.45) is -8.88. The molecule has 1 aromatic carbocycles. The van der Waals surface area contributed by atoms with Crippen LogP contribution in [0, 0.1) is 5.92 Å². The lowest BCUT2D eigenvalue weighted by Crippen LogP contribution is -2.54. The fraction of sp³-hybridized carbons (Fsp3) is 0.618. The monoisotopic (exact) mass is 743 g/mol. The number of amides is 4. The Morgan fingerprint density at radius 1 is 0.882 bits per heavy atom. The van der Waals surface area contributed by atoms with Crippen molar-refractivity contribution in [3.05, 3.63) is 45.8 Å². The molecule has 0 saturated carbocycles. The molecule has 0 unspecified atom stereocenters. The lowest BCUT2D eigenvalue weighted by Gasteiger charge is -2.42. The van der Waals surface area contributed by atoms with Crippen LogP contribution in [-0.4, -0.2) is 114 Å². The summed E-state index contributed by atoms with van der Waals surface area (Å²) < 4.78 is 83.3. The Morgan fingerprint density at radius 2 is 1.45 bits per heavy atom. The number of nitrogens with one attached hydrogen (secondary N) is 1. The van der Waals surface area contributed by atoms with Gasteiger partial charge in [-0.1, -0.05) is 0 Å². The Kier molecular flexibility index (Phi) is 10.8. The highest BCUT2D eigenvalue weighted by Crippen LogP contribution is 2.42. The minimum atomic E-state index is -5.17. The molecule has 4 aliphatic rings. The molecule has 0 aliphatic carbocycles. The summed E-state index contributed by atoms with van der Waals surface area (Å²) in [5.74, 6) is -2.07. The van der Waals surface area contributed by atoms with Crippen molar-refractivity contribution in [2.24, 2.45) is 5.92 Å². The van der Waals surface area contributed by atoms with E-state index >= 15 is 0 Å². The number of carbonyl (C=O) groups is 3. The second-order valence-electron chi connectivity index (χ2n) is 14.0. The number of carbonyl (C=O) groups excluding carboxylic acids is 3. The molecule has 0 spiro atoms. The van der Waals surface area contributed by atoms with E-state index in [1.165, 1.54) is 11.3 Å². The van der Waals surface area contributed by atoms with Gasteiger partial charge in [-0.3, -0.25) is 19.8 Å². The standard InChI is InChI=1S/C34H43F6N7O3S/c1-43-11-13-44(14-12-43)24-2-9-46(10-3-24)31(49)23(16-21-17-26(33(35,36)37)29(41)27(18-21)34(38,39)40)19-28(48)45-7-4-25(5-8-45)47-20-22-6-15-51-30(22)42-32(47)50/h6,15,17-18,23-25H,2-5,7-14,16,19-20,41H2,1H3,(H,42,50)/t23-/m0/s1. The van der Waals surface area contributed by atoms with Crippen molar-refractivity contribution >= 4 is 39.9 Å². The Bertz CT molecular complexity index is 1560. The second-order valence-corrected chi connectivity index (χ2v) is 15.0. The van der Waals surface area contributed by atoms with E-state index in [1.807, 2.05) is 11.4 Å². The maximum absolute atomic E-state index is 14.1. The maximum Gasteiger partial charge on any atom is 0.418 e. The summed E-state index contributed by atoms with van der Waals surface area (Å²) in [5.41, 5.74) is 1.33. The van der Waals surface area contributed by atoms with Gasteiger partial charge in [-0.15, -0.1) is 11.3 Å². The Morgan fingerprint density at radius 3 is 2.04 bits per heavy atom. The highest BCUT2D eigenvalue weighted by molar-refractivity contribution is 7.14. The van der Waals surface area contributed by atoms with Crippen LogP contribution in [0.25, 0.3) is 0 Å². The van der Waals surface area contributed by atoms with Crippen LogP contribution in [0.15, 0.2) is 23.6 Å². The van der Waals surface area contributed by atoms with E-state index in [2.05, 4.69) is 22.2 Å². The molecule has 3 saturated heterocycles. The molecule has 4 aliphatic heterocycles. The number of hydrogen-bond acceptors (Lipinski definition) is 7. The molecule has 3 fully saturated rings. The van der Waals surface area contributed by atoms with E-state index in [1.54, 1.807) is 14.7 Å². The smallest absolute Gasteiger partial charge is 0.398 e. The van der Waals surface area contributed by atoms with Gasteiger partial charge in [-0.05, 0) is 68.3 Å². The second kappa shape index (κ2) is 14.8. The van der Waals surface area contributed by atoms with E-state index < -0.39 is 53.3 Å². The number of piperazine rings is 1. The number of likely N-dealkylation sites (N-methyl/N-ethyl adjacent to an activating group) is 1. The minimum absolute atomic E-state index is 0.127. The molecule has 0 radical (unpaired) electrons. The number of thiophene rings is 1. The fourth-order valence-corrected chi connectivity index (χ4v) is 8.58. The van der Waals surface area contributed by atoms with Gasteiger partial charge in [0.15, 0.2) is 0 Å². The van der Waals surface area contributed by atoms with Crippen LogP contribution in [-0.2, 0) is 34.9 Å². The lowest BCUT2D eigenvalue weighted by atomic mass is 9.90. The van der Waals surface area contributed by atoms with Gasteiger partial charge in [-0.2, -0.15) is 26.3 Å². The molecule has 6 rings (SSSR count). The van der Waals surface area contributed by atoms with E-state index in [0.717, 1.165) is 36.7 Å². The molecule has 2 aromatic rings. The third kappa shape index (κ3) is 8.40. The number of urea groups is 1. The summed E-state index contributed by atoms with van der Waals surface area (Å²) in [6.45, 7) is 5.45. The van der Waals surface area contributed by atoms with E-state index in [0.29, 0.717) is 70.5 Å². The van der Waals surface area contributed by atoms with E-state index in [4.69, 9.17) is 5.73 Å². The zero-order valence-electron chi connectivity index (χ0n) is 28.4. The molecule has 1 aromatic heterocycles. The summed E-state index contributed by atoms with van der Waals surface area (Å²) >= 11 is 1.45. The van der Waals surface area contributed by atoms with Gasteiger partial charge in [-0.25, -0.2) is 4.79 Å². The fourth-order valence-electron chi connectivity index (χ4n) is 7.78. The summed E-state index contributed by atoms with van der Waals surface area (Å²) in [5, 5.41) is 5.61. The van der Waals surface area contributed by atoms with Gasteiger partial charge < -0.3 is 25.3 Å². The van der Waals surface area contributed by atoms with Crippen LogP contribution >= 0.6 is 11.3 Å². The van der Waals surface area contributed by atoms with Gasteiger partial charge in [0, 0.05) is 76.4 Å². The summed E-state index contributed by atoms with van der Waals surface area (Å²) in [4.78, 5) is 50.1. The first-order valence-corrected chi connectivity index (χ1v) is 18.2. The number of fused-ring (bicyclic) bond motifs is 1. The van der Waals surface area contributed by atoms with Crippen molar-refractivity contribution in [3.8, 4) is 0 Å². The molecule has 1 atom stereocenters. The molecule has 10 nitrogen and oxygen atoms in total. The molecule has 280 valence electrons. The first-order valence-electron chi connectivity index (χ1n) is 17.3. The number of anilines is 2. The Hall–Kier alpha value is -3.57. The number of piperidine rings is 2. The number of alkyl halides is 6. The van der Waals surface area contributed by atoms with Gasteiger partial charge in [0.25, 0.3) is 0 Å². The predicted molar refractivity (Wildman–Crippen MR) is 180 cm³/mol. The van der Waals surface area contributed by atoms with Crippen LogP contribution < -0.4 is 11.1 Å². The van der Waals surface area contributed by atoms with E-state index in [-0.39, 0.29) is 30.1 Å². The third-order valence-corrected chi connectivity index (χ3v) is 11.6. The number of likely N-dealkylation sites (tertiary alicyclic amines) is 2. The molecular formula is C34H43F6N7O3S. The van der Waals surface area contributed by atoms with Gasteiger partial charge >= 0.3 is 18.4 Å². The molecule has 4 amide bonds. The Labute approximate surface area is 296 Å².